The third-order valence-electron chi connectivity index (χ3n) is 2.57. The topological polar surface area (TPSA) is 89.5 Å². The summed E-state index contributed by atoms with van der Waals surface area (Å²) in [5.74, 6) is 0.126. The Hall–Kier alpha value is -1.52. The van der Waals surface area contributed by atoms with Gasteiger partial charge in [0, 0.05) is 11.6 Å². The van der Waals surface area contributed by atoms with Crippen LogP contribution in [-0.4, -0.2) is 28.3 Å². The largest absolute Gasteiger partial charge is 0.445 e. The molecule has 7 nitrogen and oxygen atoms in total. The number of anilines is 1. The molecule has 10 heteroatoms. The molecule has 0 spiro atoms. The minimum absolute atomic E-state index is 0.345. The minimum atomic E-state index is -1.69. The Balaban J connectivity index is 1.93. The number of hydrogen-bond acceptors (Lipinski definition) is 6. The van der Waals surface area contributed by atoms with Crippen LogP contribution >= 0.6 is 22.9 Å². The molecular weight excluding hydrogens is 374 g/mol. The number of carbonyl (C=O) groups is 1. The number of ether oxygens (including phenoxy) is 1. The lowest BCUT2D eigenvalue weighted by Gasteiger charge is -2.03. The van der Waals surface area contributed by atoms with Crippen molar-refractivity contribution in [2.45, 2.75) is 13.8 Å². The number of amides is 1. The SMILES string of the molecule is CCNS(=O)OCC(=O)Nc1nc(C)c(Oc2cccc(Cl)c2)s1. The summed E-state index contributed by atoms with van der Waals surface area (Å²) in [5, 5.41) is 4.05. The highest BCUT2D eigenvalue weighted by Gasteiger charge is 2.13. The highest BCUT2D eigenvalue weighted by molar-refractivity contribution is 7.78. The third kappa shape index (κ3) is 5.84. The fraction of sp³-hybridized carbons (Fsp3) is 0.286. The Kier molecular flexibility index (Phi) is 7.13. The lowest BCUT2D eigenvalue weighted by Crippen LogP contribution is -2.24. The van der Waals surface area contributed by atoms with Gasteiger partial charge in [-0.15, -0.1) is 0 Å². The van der Waals surface area contributed by atoms with Gasteiger partial charge in [0.15, 0.2) is 5.13 Å². The molecule has 0 aliphatic heterocycles. The monoisotopic (exact) mass is 389 g/mol. The molecule has 1 aromatic heterocycles. The van der Waals surface area contributed by atoms with Gasteiger partial charge >= 0.3 is 0 Å². The summed E-state index contributed by atoms with van der Waals surface area (Å²) in [7, 11) is 0. The Labute approximate surface area is 151 Å². The average Bonchev–Trinajstić information content (AvgIpc) is 2.85. The summed E-state index contributed by atoms with van der Waals surface area (Å²) >= 11 is 5.40. The molecule has 0 saturated carbocycles. The van der Waals surface area contributed by atoms with E-state index in [0.717, 1.165) is 0 Å². The van der Waals surface area contributed by atoms with E-state index in [1.54, 1.807) is 38.1 Å². The lowest BCUT2D eigenvalue weighted by molar-refractivity contribution is -0.117. The molecule has 130 valence electrons. The van der Waals surface area contributed by atoms with Crippen molar-refractivity contribution in [3.63, 3.8) is 0 Å². The number of hydrogen-bond donors (Lipinski definition) is 2. The molecule has 24 heavy (non-hydrogen) atoms. The van der Waals surface area contributed by atoms with E-state index in [1.807, 2.05) is 0 Å². The number of aryl methyl sites for hydroxylation is 1. The van der Waals surface area contributed by atoms with Gasteiger partial charge in [0.25, 0.3) is 5.91 Å². The predicted molar refractivity (Wildman–Crippen MR) is 94.8 cm³/mol. The number of carbonyl (C=O) groups excluding carboxylic acids is 1. The maximum absolute atomic E-state index is 11.8. The van der Waals surface area contributed by atoms with Crippen LogP contribution in [0.4, 0.5) is 5.13 Å². The molecule has 0 aliphatic rings. The summed E-state index contributed by atoms with van der Waals surface area (Å²) in [6.45, 7) is 3.68. The zero-order chi connectivity index (χ0) is 17.5. The van der Waals surface area contributed by atoms with Crippen molar-refractivity contribution in [1.29, 1.82) is 0 Å². The van der Waals surface area contributed by atoms with Crippen LogP contribution < -0.4 is 14.8 Å². The van der Waals surface area contributed by atoms with Crippen LogP contribution in [0.3, 0.4) is 0 Å². The molecular formula is C14H16ClN3O4S2. The first kappa shape index (κ1) is 18.8. The first-order valence-corrected chi connectivity index (χ1v) is 9.24. The molecule has 2 rings (SSSR count). The summed E-state index contributed by atoms with van der Waals surface area (Å²) in [6, 6.07) is 6.98. The van der Waals surface area contributed by atoms with Crippen molar-refractivity contribution >= 4 is 45.2 Å². The van der Waals surface area contributed by atoms with Crippen LogP contribution in [0.2, 0.25) is 5.02 Å². The van der Waals surface area contributed by atoms with Gasteiger partial charge in [-0.25, -0.2) is 13.9 Å². The van der Waals surface area contributed by atoms with Crippen LogP contribution in [0, 0.1) is 6.92 Å². The van der Waals surface area contributed by atoms with E-state index < -0.39 is 17.2 Å². The molecule has 0 fully saturated rings. The average molecular weight is 390 g/mol. The van der Waals surface area contributed by atoms with Crippen LogP contribution in [0.15, 0.2) is 24.3 Å². The van der Waals surface area contributed by atoms with Crippen molar-refractivity contribution in [2.24, 2.45) is 0 Å². The van der Waals surface area contributed by atoms with Crippen LogP contribution in [0.25, 0.3) is 0 Å². The molecule has 0 saturated heterocycles. The zero-order valence-corrected chi connectivity index (χ0v) is 15.4. The summed E-state index contributed by atoms with van der Waals surface area (Å²) in [4.78, 5) is 16.0. The number of rotatable bonds is 8. The number of halogens is 1. The van der Waals surface area contributed by atoms with Crippen LogP contribution in [0.5, 0.6) is 10.8 Å². The number of thiazole rings is 1. The van der Waals surface area contributed by atoms with Crippen molar-refractivity contribution in [2.75, 3.05) is 18.5 Å². The van der Waals surface area contributed by atoms with Crippen molar-refractivity contribution in [3.8, 4) is 10.8 Å². The van der Waals surface area contributed by atoms with Crippen molar-refractivity contribution in [1.82, 2.24) is 9.71 Å². The predicted octanol–water partition coefficient (Wildman–Crippen LogP) is 3.04. The lowest BCUT2D eigenvalue weighted by atomic mass is 10.3. The van der Waals surface area contributed by atoms with Gasteiger partial charge in [0.1, 0.15) is 12.4 Å². The molecule has 2 N–H and O–H groups in total. The summed E-state index contributed by atoms with van der Waals surface area (Å²) in [6.07, 6.45) is 0. The molecule has 1 unspecified atom stereocenters. The molecule has 0 radical (unpaired) electrons. The van der Waals surface area contributed by atoms with E-state index in [0.29, 0.717) is 33.2 Å². The Morgan fingerprint density at radius 3 is 2.96 bits per heavy atom. The second-order valence-electron chi connectivity index (χ2n) is 4.49. The van der Waals surface area contributed by atoms with Crippen molar-refractivity contribution in [3.05, 3.63) is 35.0 Å². The molecule has 1 atom stereocenters. The van der Waals surface area contributed by atoms with Crippen LogP contribution in [-0.2, 0) is 20.2 Å². The number of nitrogens with one attached hydrogen (secondary N) is 2. The van der Waals surface area contributed by atoms with Crippen LogP contribution in [0.1, 0.15) is 12.6 Å². The van der Waals surface area contributed by atoms with E-state index in [1.165, 1.54) is 11.3 Å². The molecule has 1 amide bonds. The Morgan fingerprint density at radius 1 is 1.46 bits per heavy atom. The normalized spacial score (nSPS) is 12.0. The minimum Gasteiger partial charge on any atom is -0.445 e. The molecule has 1 heterocycles. The Morgan fingerprint density at radius 2 is 2.25 bits per heavy atom. The molecule has 0 aliphatic carbocycles. The molecule has 2 aromatic rings. The smallest absolute Gasteiger partial charge is 0.253 e. The van der Waals surface area contributed by atoms with Gasteiger partial charge in [-0.1, -0.05) is 35.9 Å². The number of aromatic nitrogens is 1. The van der Waals surface area contributed by atoms with Gasteiger partial charge in [-0.3, -0.25) is 14.3 Å². The summed E-state index contributed by atoms with van der Waals surface area (Å²) < 4.78 is 24.3. The Bertz CT molecular complexity index is 739. The van der Waals surface area contributed by atoms with E-state index in [4.69, 9.17) is 20.5 Å². The van der Waals surface area contributed by atoms with E-state index in [9.17, 15) is 9.00 Å². The van der Waals surface area contributed by atoms with Gasteiger partial charge in [0.05, 0.1) is 5.69 Å². The molecule has 0 bridgehead atoms. The van der Waals surface area contributed by atoms with Gasteiger partial charge < -0.3 is 4.74 Å². The molecule has 1 aromatic carbocycles. The first-order valence-electron chi connectivity index (χ1n) is 6.97. The highest BCUT2D eigenvalue weighted by atomic mass is 35.5. The highest BCUT2D eigenvalue weighted by Crippen LogP contribution is 2.34. The maximum Gasteiger partial charge on any atom is 0.253 e. The van der Waals surface area contributed by atoms with Gasteiger partial charge in [-0.2, -0.15) is 0 Å². The number of nitrogens with zero attached hydrogens (tertiary/aromatic N) is 1. The maximum atomic E-state index is 11.8. The van der Waals surface area contributed by atoms with E-state index in [-0.39, 0.29) is 6.61 Å². The third-order valence-corrected chi connectivity index (χ3v) is 4.61. The van der Waals surface area contributed by atoms with Crippen molar-refractivity contribution < 1.29 is 17.9 Å². The van der Waals surface area contributed by atoms with E-state index in [2.05, 4.69) is 15.0 Å². The van der Waals surface area contributed by atoms with E-state index >= 15 is 0 Å². The quantitative estimate of drug-likeness (QED) is 0.724. The summed E-state index contributed by atoms with van der Waals surface area (Å²) in [5.41, 5.74) is 0.632. The fourth-order valence-electron chi connectivity index (χ4n) is 1.59. The standard InChI is InChI=1S/C14H16ClN3O4S2/c1-3-16-24(20)21-8-12(19)18-14-17-9(2)13(23-14)22-11-6-4-5-10(15)7-11/h4-7,16H,3,8H2,1-2H3,(H,17,18,19). The van der Waals surface area contributed by atoms with Gasteiger partial charge in [0.2, 0.25) is 16.3 Å². The zero-order valence-electron chi connectivity index (χ0n) is 13.0. The van der Waals surface area contributed by atoms with Gasteiger partial charge in [-0.05, 0) is 25.1 Å². The second-order valence-corrected chi connectivity index (χ2v) is 6.89. The first-order chi connectivity index (χ1) is 11.5. The second kappa shape index (κ2) is 9.09. The number of benzene rings is 1. The fourth-order valence-corrected chi connectivity index (χ4v) is 3.16.